The highest BCUT2D eigenvalue weighted by Gasteiger charge is 2.21. The average molecular weight is 502 g/mol. The highest BCUT2D eigenvalue weighted by atomic mass is 79.9. The number of rotatable bonds is 5. The standard InChI is InChI=1S/C22H28BrN7O2/c1-28(24-14-16-12-18-19(13-17(16)23)32-15-31-18)20-25-21(29-8-4-2-5-9-29)27-22(26-20)30-10-6-3-7-11-30/h12-14H,2-11,15H2,1H3/b24-14-. The van der Waals surface area contributed by atoms with Crippen molar-refractivity contribution in [1.82, 2.24) is 15.0 Å². The fourth-order valence-corrected chi connectivity index (χ4v) is 4.62. The fraction of sp³-hybridized carbons (Fsp3) is 0.545. The van der Waals surface area contributed by atoms with Gasteiger partial charge in [0.1, 0.15) is 0 Å². The van der Waals surface area contributed by atoms with E-state index < -0.39 is 0 Å². The summed E-state index contributed by atoms with van der Waals surface area (Å²) in [4.78, 5) is 18.9. The van der Waals surface area contributed by atoms with Crippen molar-refractivity contribution < 1.29 is 9.47 Å². The van der Waals surface area contributed by atoms with Crippen LogP contribution >= 0.6 is 15.9 Å². The Morgan fingerprint density at radius 1 is 0.875 bits per heavy atom. The minimum absolute atomic E-state index is 0.242. The number of halogens is 1. The second kappa shape index (κ2) is 9.48. The van der Waals surface area contributed by atoms with E-state index >= 15 is 0 Å². The Morgan fingerprint density at radius 2 is 1.44 bits per heavy atom. The molecule has 0 N–H and O–H groups in total. The predicted octanol–water partition coefficient (Wildman–Crippen LogP) is 3.81. The van der Waals surface area contributed by atoms with Crippen LogP contribution in [0.15, 0.2) is 21.7 Å². The first kappa shape index (κ1) is 21.2. The van der Waals surface area contributed by atoms with Gasteiger partial charge in [0.15, 0.2) is 11.5 Å². The van der Waals surface area contributed by atoms with E-state index in [1.807, 2.05) is 19.2 Å². The van der Waals surface area contributed by atoms with Crippen molar-refractivity contribution in [2.24, 2.45) is 5.10 Å². The highest BCUT2D eigenvalue weighted by molar-refractivity contribution is 9.10. The Morgan fingerprint density at radius 3 is 2.03 bits per heavy atom. The van der Waals surface area contributed by atoms with Crippen LogP contribution in [0.4, 0.5) is 17.8 Å². The van der Waals surface area contributed by atoms with Crippen molar-refractivity contribution >= 4 is 40.0 Å². The second-order valence-electron chi connectivity index (χ2n) is 8.33. The normalized spacial score (nSPS) is 18.4. The molecule has 9 nitrogen and oxygen atoms in total. The smallest absolute Gasteiger partial charge is 0.252 e. The SMILES string of the molecule is CN(/N=C\c1cc2c(cc1Br)OCO2)c1nc(N2CCCCC2)nc(N2CCCCC2)n1. The number of hydrogen-bond acceptors (Lipinski definition) is 9. The van der Waals surface area contributed by atoms with Gasteiger partial charge in [-0.3, -0.25) is 0 Å². The van der Waals surface area contributed by atoms with Crippen LogP contribution < -0.4 is 24.3 Å². The zero-order valence-corrected chi connectivity index (χ0v) is 19.9. The summed E-state index contributed by atoms with van der Waals surface area (Å²) in [7, 11) is 1.87. The molecule has 3 aliphatic heterocycles. The van der Waals surface area contributed by atoms with E-state index in [2.05, 4.69) is 30.8 Å². The third-order valence-electron chi connectivity index (χ3n) is 6.03. The lowest BCUT2D eigenvalue weighted by Gasteiger charge is -2.30. The van der Waals surface area contributed by atoms with Crippen molar-refractivity contribution in [3.05, 3.63) is 22.2 Å². The molecule has 3 aliphatic rings. The van der Waals surface area contributed by atoms with Crippen LogP contribution in [-0.2, 0) is 0 Å². The van der Waals surface area contributed by atoms with Gasteiger partial charge in [-0.2, -0.15) is 20.1 Å². The number of anilines is 3. The van der Waals surface area contributed by atoms with Crippen molar-refractivity contribution in [3.63, 3.8) is 0 Å². The minimum Gasteiger partial charge on any atom is -0.454 e. The summed E-state index contributed by atoms with van der Waals surface area (Å²) >= 11 is 3.58. The van der Waals surface area contributed by atoms with Crippen LogP contribution in [0, 0.1) is 0 Å². The lowest BCUT2D eigenvalue weighted by molar-refractivity contribution is 0.174. The molecule has 10 heteroatoms. The molecule has 0 amide bonds. The summed E-state index contributed by atoms with van der Waals surface area (Å²) in [5.41, 5.74) is 0.891. The van der Waals surface area contributed by atoms with E-state index in [4.69, 9.17) is 24.4 Å². The van der Waals surface area contributed by atoms with Crippen LogP contribution in [0.3, 0.4) is 0 Å². The van der Waals surface area contributed by atoms with Gasteiger partial charge >= 0.3 is 0 Å². The molecule has 0 aliphatic carbocycles. The zero-order valence-electron chi connectivity index (χ0n) is 18.3. The largest absolute Gasteiger partial charge is 0.454 e. The Bertz CT molecular complexity index is 954. The van der Waals surface area contributed by atoms with Gasteiger partial charge in [-0.05, 0) is 66.6 Å². The lowest BCUT2D eigenvalue weighted by atomic mass is 10.1. The van der Waals surface area contributed by atoms with E-state index in [1.165, 1.54) is 38.5 Å². The number of hydrazone groups is 1. The van der Waals surface area contributed by atoms with Gasteiger partial charge in [0, 0.05) is 43.3 Å². The van der Waals surface area contributed by atoms with E-state index in [0.29, 0.717) is 5.95 Å². The molecular weight excluding hydrogens is 474 g/mol. The molecule has 1 aromatic heterocycles. The average Bonchev–Trinajstić information content (AvgIpc) is 3.30. The Labute approximate surface area is 196 Å². The summed E-state index contributed by atoms with van der Waals surface area (Å²) in [6.45, 7) is 4.19. The van der Waals surface area contributed by atoms with E-state index in [1.54, 1.807) is 11.2 Å². The first-order valence-electron chi connectivity index (χ1n) is 11.3. The molecule has 0 spiro atoms. The molecule has 0 unspecified atom stereocenters. The molecule has 0 bridgehead atoms. The van der Waals surface area contributed by atoms with Gasteiger partial charge < -0.3 is 19.3 Å². The summed E-state index contributed by atoms with van der Waals surface area (Å²) in [5.74, 6) is 3.51. The van der Waals surface area contributed by atoms with Crippen LogP contribution in [0.25, 0.3) is 0 Å². The third-order valence-corrected chi connectivity index (χ3v) is 6.72. The molecule has 2 aromatic rings. The summed E-state index contributed by atoms with van der Waals surface area (Å²) in [5, 5.41) is 6.32. The van der Waals surface area contributed by atoms with Gasteiger partial charge in [-0.15, -0.1) is 0 Å². The number of ether oxygens (including phenoxy) is 2. The molecular formula is C22H28BrN7O2. The van der Waals surface area contributed by atoms with Crippen molar-refractivity contribution in [2.45, 2.75) is 38.5 Å². The van der Waals surface area contributed by atoms with Gasteiger partial charge in [0.05, 0.1) is 6.21 Å². The van der Waals surface area contributed by atoms with Crippen molar-refractivity contribution in [2.75, 3.05) is 54.8 Å². The summed E-state index contributed by atoms with van der Waals surface area (Å²) in [6, 6.07) is 3.81. The molecule has 4 heterocycles. The number of aromatic nitrogens is 3. The second-order valence-corrected chi connectivity index (χ2v) is 9.18. The summed E-state index contributed by atoms with van der Waals surface area (Å²) in [6.07, 6.45) is 9.00. The van der Waals surface area contributed by atoms with Crippen LogP contribution in [-0.4, -0.2) is 61.2 Å². The molecule has 0 radical (unpaired) electrons. The van der Waals surface area contributed by atoms with Gasteiger partial charge in [0.25, 0.3) is 5.95 Å². The maximum absolute atomic E-state index is 5.49. The minimum atomic E-state index is 0.242. The van der Waals surface area contributed by atoms with Crippen LogP contribution in [0.1, 0.15) is 44.1 Å². The van der Waals surface area contributed by atoms with E-state index in [-0.39, 0.29) is 6.79 Å². The van der Waals surface area contributed by atoms with Gasteiger partial charge in [0.2, 0.25) is 18.7 Å². The first-order chi connectivity index (χ1) is 15.7. The maximum Gasteiger partial charge on any atom is 0.252 e. The number of benzene rings is 1. The number of piperidine rings is 2. The van der Waals surface area contributed by atoms with Crippen LogP contribution in [0.5, 0.6) is 11.5 Å². The molecule has 1 aromatic carbocycles. The topological polar surface area (TPSA) is 79.2 Å². The molecule has 0 saturated carbocycles. The quantitative estimate of drug-likeness (QED) is 0.451. The van der Waals surface area contributed by atoms with Crippen molar-refractivity contribution in [3.8, 4) is 11.5 Å². The molecule has 2 fully saturated rings. The fourth-order valence-electron chi connectivity index (χ4n) is 4.19. The molecule has 0 atom stereocenters. The first-order valence-corrected chi connectivity index (χ1v) is 12.1. The molecule has 2 saturated heterocycles. The maximum atomic E-state index is 5.49. The molecule has 32 heavy (non-hydrogen) atoms. The predicted molar refractivity (Wildman–Crippen MR) is 128 cm³/mol. The zero-order chi connectivity index (χ0) is 21.9. The monoisotopic (exact) mass is 501 g/mol. The molecule has 5 rings (SSSR count). The van der Waals surface area contributed by atoms with Gasteiger partial charge in [-0.25, -0.2) is 5.01 Å². The number of nitrogens with zero attached hydrogens (tertiary/aromatic N) is 7. The van der Waals surface area contributed by atoms with E-state index in [0.717, 1.165) is 59.6 Å². The highest BCUT2D eigenvalue weighted by Crippen LogP contribution is 2.36. The summed E-state index contributed by atoms with van der Waals surface area (Å²) < 4.78 is 11.8. The third kappa shape index (κ3) is 4.60. The molecule has 170 valence electrons. The Balaban J connectivity index is 1.42. The number of hydrogen-bond donors (Lipinski definition) is 0. The van der Waals surface area contributed by atoms with Gasteiger partial charge in [-0.1, -0.05) is 0 Å². The lowest BCUT2D eigenvalue weighted by Crippen LogP contribution is -2.35. The Hall–Kier alpha value is -2.62. The van der Waals surface area contributed by atoms with Crippen LogP contribution in [0.2, 0.25) is 0 Å². The Kier molecular flexibility index (Phi) is 6.29. The van der Waals surface area contributed by atoms with Crippen molar-refractivity contribution in [1.29, 1.82) is 0 Å². The number of fused-ring (bicyclic) bond motifs is 1. The van der Waals surface area contributed by atoms with E-state index in [9.17, 15) is 0 Å².